The molecule has 4 heteroatoms. The molecule has 1 aromatic rings. The van der Waals surface area contributed by atoms with Crippen LogP contribution in [0.2, 0.25) is 0 Å². The van der Waals surface area contributed by atoms with Crippen molar-refractivity contribution < 1.29 is 13.6 Å². The van der Waals surface area contributed by atoms with E-state index in [1.54, 1.807) is 0 Å². The Morgan fingerprint density at radius 2 is 2.00 bits per heavy atom. The van der Waals surface area contributed by atoms with Crippen LogP contribution in [0, 0.1) is 17.0 Å². The van der Waals surface area contributed by atoms with E-state index in [9.17, 15) is 13.6 Å². The highest BCUT2D eigenvalue weighted by molar-refractivity contribution is 5.99. The fourth-order valence-electron chi connectivity index (χ4n) is 2.54. The molecule has 1 aromatic carbocycles. The van der Waals surface area contributed by atoms with Crippen LogP contribution in [0.5, 0.6) is 0 Å². The third kappa shape index (κ3) is 3.00. The summed E-state index contributed by atoms with van der Waals surface area (Å²) >= 11 is 0. The van der Waals surface area contributed by atoms with E-state index in [-0.39, 0.29) is 22.8 Å². The second-order valence-electron chi connectivity index (χ2n) is 6.05. The van der Waals surface area contributed by atoms with Crippen molar-refractivity contribution in [1.82, 2.24) is 4.90 Å². The van der Waals surface area contributed by atoms with Gasteiger partial charge >= 0.3 is 0 Å². The van der Waals surface area contributed by atoms with E-state index in [2.05, 4.69) is 18.7 Å². The van der Waals surface area contributed by atoms with Crippen molar-refractivity contribution in [2.75, 3.05) is 13.1 Å². The topological polar surface area (TPSA) is 20.3 Å². The Hall–Kier alpha value is -1.29. The molecule has 0 radical (unpaired) electrons. The van der Waals surface area contributed by atoms with Crippen molar-refractivity contribution in [3.05, 3.63) is 35.4 Å². The highest BCUT2D eigenvalue weighted by atomic mass is 19.2. The molecule has 1 atom stereocenters. The van der Waals surface area contributed by atoms with Crippen molar-refractivity contribution in [2.45, 2.75) is 33.2 Å². The van der Waals surface area contributed by atoms with E-state index in [1.165, 1.54) is 6.07 Å². The highest BCUT2D eigenvalue weighted by Crippen LogP contribution is 2.30. The Balaban J connectivity index is 2.13. The summed E-state index contributed by atoms with van der Waals surface area (Å²) in [5.74, 6) is -2.05. The van der Waals surface area contributed by atoms with Gasteiger partial charge in [0.2, 0.25) is 0 Å². The zero-order valence-electron chi connectivity index (χ0n) is 11.5. The van der Waals surface area contributed by atoms with Crippen molar-refractivity contribution in [1.29, 1.82) is 0 Å². The molecule has 104 valence electrons. The third-order valence-electron chi connectivity index (χ3n) is 3.84. The number of hydrogen-bond acceptors (Lipinski definition) is 2. The first kappa shape index (κ1) is 14.1. The van der Waals surface area contributed by atoms with E-state index >= 15 is 0 Å². The summed E-state index contributed by atoms with van der Waals surface area (Å²) in [4.78, 5) is 14.4. The molecule has 1 saturated heterocycles. The molecule has 2 rings (SSSR count). The largest absolute Gasteiger partial charge is 0.293 e. The minimum atomic E-state index is -0.972. The van der Waals surface area contributed by atoms with E-state index in [0.29, 0.717) is 0 Å². The first-order valence-electron chi connectivity index (χ1n) is 6.53. The van der Waals surface area contributed by atoms with Gasteiger partial charge in [-0.25, -0.2) is 8.78 Å². The summed E-state index contributed by atoms with van der Waals surface area (Å²) in [5.41, 5.74) is 0.443. The predicted octanol–water partition coefficient (Wildman–Crippen LogP) is 3.27. The number of rotatable bonds is 3. The van der Waals surface area contributed by atoms with Gasteiger partial charge in [-0.2, -0.15) is 0 Å². The van der Waals surface area contributed by atoms with Gasteiger partial charge in [-0.15, -0.1) is 0 Å². The molecule has 0 saturated carbocycles. The molecular formula is C15H19F2NO. The minimum absolute atomic E-state index is 0.156. The standard InChI is InChI=1S/C15H19F2NO/c1-10(18-7-6-15(2,3)9-18)14(19)11-4-5-12(16)13(17)8-11/h4-5,8,10H,6-7,9H2,1-3H3. The van der Waals surface area contributed by atoms with Crippen LogP contribution < -0.4 is 0 Å². The Morgan fingerprint density at radius 3 is 2.53 bits per heavy atom. The molecule has 1 aliphatic heterocycles. The summed E-state index contributed by atoms with van der Waals surface area (Å²) in [6.07, 6.45) is 1.04. The number of hydrogen-bond donors (Lipinski definition) is 0. The van der Waals surface area contributed by atoms with Gasteiger partial charge in [0.05, 0.1) is 6.04 Å². The number of carbonyl (C=O) groups is 1. The van der Waals surface area contributed by atoms with Crippen LogP contribution >= 0.6 is 0 Å². The lowest BCUT2D eigenvalue weighted by molar-refractivity contribution is 0.0856. The maximum absolute atomic E-state index is 13.2. The predicted molar refractivity (Wildman–Crippen MR) is 70.1 cm³/mol. The van der Waals surface area contributed by atoms with Crippen LogP contribution in [0.4, 0.5) is 8.78 Å². The second-order valence-corrected chi connectivity index (χ2v) is 6.05. The Labute approximate surface area is 112 Å². The quantitative estimate of drug-likeness (QED) is 0.783. The van der Waals surface area contributed by atoms with Gasteiger partial charge in [0.1, 0.15) is 0 Å². The molecule has 1 heterocycles. The molecular weight excluding hydrogens is 248 g/mol. The van der Waals surface area contributed by atoms with Gasteiger partial charge < -0.3 is 0 Å². The van der Waals surface area contributed by atoms with Gasteiger partial charge in [0.25, 0.3) is 0 Å². The summed E-state index contributed by atoms with van der Waals surface area (Å²) < 4.78 is 26.0. The maximum atomic E-state index is 13.2. The molecule has 1 fully saturated rings. The summed E-state index contributed by atoms with van der Waals surface area (Å²) in [6, 6.07) is 3.03. The number of Topliss-reactive ketones (excluding diaryl/α,β-unsaturated/α-hetero) is 1. The van der Waals surface area contributed by atoms with E-state index in [4.69, 9.17) is 0 Å². The zero-order chi connectivity index (χ0) is 14.2. The number of ketones is 1. The molecule has 2 nitrogen and oxygen atoms in total. The molecule has 0 N–H and O–H groups in total. The van der Waals surface area contributed by atoms with E-state index in [1.807, 2.05) is 6.92 Å². The lowest BCUT2D eigenvalue weighted by Crippen LogP contribution is -2.38. The summed E-state index contributed by atoms with van der Waals surface area (Å²) in [7, 11) is 0. The van der Waals surface area contributed by atoms with Gasteiger partial charge in [-0.3, -0.25) is 9.69 Å². The lowest BCUT2D eigenvalue weighted by Gasteiger charge is -2.25. The van der Waals surface area contributed by atoms with E-state index in [0.717, 1.165) is 31.6 Å². The average molecular weight is 267 g/mol. The first-order chi connectivity index (χ1) is 8.80. The van der Waals surface area contributed by atoms with Crippen LogP contribution in [0.25, 0.3) is 0 Å². The molecule has 0 amide bonds. The highest BCUT2D eigenvalue weighted by Gasteiger charge is 2.34. The van der Waals surface area contributed by atoms with Gasteiger partial charge in [0.15, 0.2) is 17.4 Å². The Kier molecular flexibility index (Phi) is 3.72. The average Bonchev–Trinajstić information content (AvgIpc) is 2.71. The first-order valence-corrected chi connectivity index (χ1v) is 6.53. The molecule has 0 bridgehead atoms. The summed E-state index contributed by atoms with van der Waals surface area (Å²) in [6.45, 7) is 7.88. The van der Waals surface area contributed by atoms with E-state index < -0.39 is 11.6 Å². The number of benzene rings is 1. The monoisotopic (exact) mass is 267 g/mol. The van der Waals surface area contributed by atoms with Crippen LogP contribution in [-0.4, -0.2) is 29.8 Å². The van der Waals surface area contributed by atoms with Crippen molar-refractivity contribution in [3.63, 3.8) is 0 Å². The number of likely N-dealkylation sites (tertiary alicyclic amines) is 1. The minimum Gasteiger partial charge on any atom is -0.293 e. The fraction of sp³-hybridized carbons (Fsp3) is 0.533. The van der Waals surface area contributed by atoms with Crippen molar-refractivity contribution in [2.24, 2.45) is 5.41 Å². The number of nitrogens with zero attached hydrogens (tertiary/aromatic N) is 1. The van der Waals surface area contributed by atoms with Crippen LogP contribution in [-0.2, 0) is 0 Å². The van der Waals surface area contributed by atoms with Gasteiger partial charge in [-0.1, -0.05) is 13.8 Å². The SMILES string of the molecule is CC(C(=O)c1ccc(F)c(F)c1)N1CCC(C)(C)C1. The van der Waals surface area contributed by atoms with Crippen LogP contribution in [0.15, 0.2) is 18.2 Å². The van der Waals surface area contributed by atoms with Crippen molar-refractivity contribution >= 4 is 5.78 Å². The number of halogens is 2. The fourth-order valence-corrected chi connectivity index (χ4v) is 2.54. The van der Waals surface area contributed by atoms with Gasteiger partial charge in [0, 0.05) is 12.1 Å². The Bertz CT molecular complexity index is 499. The molecule has 1 unspecified atom stereocenters. The molecule has 1 aliphatic rings. The Morgan fingerprint density at radius 1 is 1.32 bits per heavy atom. The van der Waals surface area contributed by atoms with Gasteiger partial charge in [-0.05, 0) is 43.5 Å². The smallest absolute Gasteiger partial charge is 0.179 e. The normalized spacial score (nSPS) is 20.5. The summed E-state index contributed by atoms with van der Waals surface area (Å²) in [5, 5.41) is 0. The lowest BCUT2D eigenvalue weighted by atomic mass is 9.93. The van der Waals surface area contributed by atoms with Crippen LogP contribution in [0.1, 0.15) is 37.6 Å². The van der Waals surface area contributed by atoms with Crippen molar-refractivity contribution in [3.8, 4) is 0 Å². The number of carbonyl (C=O) groups excluding carboxylic acids is 1. The van der Waals surface area contributed by atoms with Crippen LogP contribution in [0.3, 0.4) is 0 Å². The molecule has 0 aromatic heterocycles. The zero-order valence-corrected chi connectivity index (χ0v) is 11.5. The maximum Gasteiger partial charge on any atom is 0.179 e. The second kappa shape index (κ2) is 5.00. The molecule has 0 aliphatic carbocycles. The molecule has 0 spiro atoms. The molecule has 19 heavy (non-hydrogen) atoms. The third-order valence-corrected chi connectivity index (χ3v) is 3.84.